The van der Waals surface area contributed by atoms with Crippen LogP contribution in [0, 0.1) is 0 Å². The zero-order valence-corrected chi connectivity index (χ0v) is 7.61. The molecule has 4 N–H and O–H groups in total. The maximum absolute atomic E-state index is 11.0. The van der Waals surface area contributed by atoms with Crippen molar-refractivity contribution in [2.24, 2.45) is 0 Å². The summed E-state index contributed by atoms with van der Waals surface area (Å²) in [6.45, 7) is 1.20. The topological polar surface area (TPSA) is 106 Å². The van der Waals surface area contributed by atoms with Crippen LogP contribution in [0.5, 0.6) is 0 Å². The van der Waals surface area contributed by atoms with Crippen LogP contribution in [0.3, 0.4) is 0 Å². The highest BCUT2D eigenvalue weighted by molar-refractivity contribution is 5.96. The Kier molecular flexibility index (Phi) is 7.14. The Morgan fingerprint density at radius 3 is 2.00 bits per heavy atom. The van der Waals surface area contributed by atoms with E-state index in [9.17, 15) is 9.59 Å². The number of ether oxygens (including phenoxy) is 1. The molecule has 0 fully saturated rings. The first-order valence-corrected chi connectivity index (χ1v) is 3.48. The van der Waals surface area contributed by atoms with Gasteiger partial charge in [0.15, 0.2) is 0 Å². The zero-order valence-electron chi connectivity index (χ0n) is 7.61. The normalized spacial score (nSPS) is 7.79. The molecule has 14 heavy (non-hydrogen) atoms. The summed E-state index contributed by atoms with van der Waals surface area (Å²) >= 11 is 0. The van der Waals surface area contributed by atoms with Gasteiger partial charge >= 0.3 is 11.9 Å². The fourth-order valence-corrected chi connectivity index (χ4v) is 0.764. The molecular formula is C9H12O5. The van der Waals surface area contributed by atoms with E-state index in [0.29, 0.717) is 5.56 Å². The molecule has 0 aliphatic heterocycles. The van der Waals surface area contributed by atoms with Crippen molar-refractivity contribution in [3.05, 3.63) is 35.9 Å². The minimum atomic E-state index is -0.608. The molecular weight excluding hydrogens is 188 g/mol. The summed E-state index contributed by atoms with van der Waals surface area (Å²) in [7, 11) is 0. The number of hydrogen-bond acceptors (Lipinski definition) is 3. The lowest BCUT2D eigenvalue weighted by Crippen LogP contribution is -2.08. The van der Waals surface area contributed by atoms with Gasteiger partial charge in [0.1, 0.15) is 0 Å². The summed E-state index contributed by atoms with van der Waals surface area (Å²) in [5, 5.41) is 0. The minimum absolute atomic E-state index is 0. The van der Waals surface area contributed by atoms with E-state index in [-0.39, 0.29) is 11.0 Å². The number of carbonyl (C=O) groups is 2. The molecule has 1 aromatic rings. The van der Waals surface area contributed by atoms with Crippen LogP contribution >= 0.6 is 0 Å². The molecule has 5 nitrogen and oxygen atoms in total. The minimum Gasteiger partial charge on any atom is -0.412 e. The average Bonchev–Trinajstić information content (AvgIpc) is 2.05. The van der Waals surface area contributed by atoms with Gasteiger partial charge in [-0.1, -0.05) is 18.2 Å². The molecule has 5 heteroatoms. The van der Waals surface area contributed by atoms with Crippen molar-refractivity contribution in [3.8, 4) is 0 Å². The zero-order chi connectivity index (χ0) is 8.97. The largest absolute Gasteiger partial charge is 0.412 e. The van der Waals surface area contributed by atoms with Crippen molar-refractivity contribution in [2.45, 2.75) is 6.92 Å². The second-order valence-corrected chi connectivity index (χ2v) is 2.25. The Hall–Kier alpha value is -1.72. The summed E-state index contributed by atoms with van der Waals surface area (Å²) in [6.07, 6.45) is 0. The first kappa shape index (κ1) is 14.8. The van der Waals surface area contributed by atoms with Gasteiger partial charge in [0.05, 0.1) is 5.56 Å². The molecule has 0 aliphatic carbocycles. The lowest BCUT2D eigenvalue weighted by Gasteiger charge is -1.97. The van der Waals surface area contributed by atoms with E-state index in [1.165, 1.54) is 6.92 Å². The van der Waals surface area contributed by atoms with Crippen molar-refractivity contribution >= 4 is 11.9 Å². The maximum atomic E-state index is 11.0. The Bertz CT molecular complexity index is 293. The molecule has 0 amide bonds. The van der Waals surface area contributed by atoms with Crippen LogP contribution in [0.15, 0.2) is 30.3 Å². The Morgan fingerprint density at radius 1 is 1.07 bits per heavy atom. The molecule has 0 spiro atoms. The van der Waals surface area contributed by atoms with Crippen LogP contribution in [-0.2, 0) is 9.53 Å². The molecule has 0 heterocycles. The number of benzene rings is 1. The highest BCUT2D eigenvalue weighted by Gasteiger charge is 2.07. The smallest absolute Gasteiger partial charge is 0.345 e. The molecule has 0 bridgehead atoms. The number of rotatable bonds is 1. The van der Waals surface area contributed by atoms with Gasteiger partial charge in [-0.05, 0) is 12.1 Å². The third-order valence-electron chi connectivity index (χ3n) is 1.25. The second-order valence-electron chi connectivity index (χ2n) is 2.25. The monoisotopic (exact) mass is 200 g/mol. The molecule has 0 atom stereocenters. The summed E-state index contributed by atoms with van der Waals surface area (Å²) < 4.78 is 4.36. The van der Waals surface area contributed by atoms with Gasteiger partial charge in [0.25, 0.3) is 0 Å². The van der Waals surface area contributed by atoms with Gasteiger partial charge in [-0.2, -0.15) is 0 Å². The standard InChI is InChI=1S/C9H8O3.2H2O/c1-7(10)12-9(11)8-5-3-2-4-6-8;;/h2-6H,1H3;2*1H2. The fraction of sp³-hybridized carbons (Fsp3) is 0.111. The first-order valence-electron chi connectivity index (χ1n) is 3.48. The first-order chi connectivity index (χ1) is 5.70. The Labute approximate surface area is 80.9 Å². The molecule has 1 aromatic carbocycles. The van der Waals surface area contributed by atoms with Gasteiger partial charge in [-0.25, -0.2) is 4.79 Å². The molecule has 0 aromatic heterocycles. The van der Waals surface area contributed by atoms with Crippen LogP contribution in [-0.4, -0.2) is 22.9 Å². The average molecular weight is 200 g/mol. The van der Waals surface area contributed by atoms with E-state index in [2.05, 4.69) is 4.74 Å². The SMILES string of the molecule is CC(=O)OC(=O)c1ccccc1.O.O. The Morgan fingerprint density at radius 2 is 1.57 bits per heavy atom. The quantitative estimate of drug-likeness (QED) is 0.460. The summed E-state index contributed by atoms with van der Waals surface area (Å²) in [5.41, 5.74) is 0.382. The second kappa shape index (κ2) is 6.76. The van der Waals surface area contributed by atoms with Gasteiger partial charge in [-0.3, -0.25) is 4.79 Å². The van der Waals surface area contributed by atoms with E-state index in [4.69, 9.17) is 0 Å². The molecule has 0 aliphatic rings. The highest BCUT2D eigenvalue weighted by Crippen LogP contribution is 2.00. The lowest BCUT2D eigenvalue weighted by atomic mass is 10.2. The summed E-state index contributed by atoms with van der Waals surface area (Å²) in [4.78, 5) is 21.4. The van der Waals surface area contributed by atoms with Crippen molar-refractivity contribution in [2.75, 3.05) is 0 Å². The van der Waals surface area contributed by atoms with Crippen LogP contribution in [0.25, 0.3) is 0 Å². The van der Waals surface area contributed by atoms with Gasteiger partial charge in [0, 0.05) is 6.92 Å². The van der Waals surface area contributed by atoms with Crippen molar-refractivity contribution in [3.63, 3.8) is 0 Å². The predicted molar refractivity (Wildman–Crippen MR) is 49.8 cm³/mol. The molecule has 0 radical (unpaired) electrons. The van der Waals surface area contributed by atoms with Crippen LogP contribution in [0.4, 0.5) is 0 Å². The molecule has 0 saturated carbocycles. The van der Waals surface area contributed by atoms with Crippen molar-refractivity contribution in [1.82, 2.24) is 0 Å². The number of esters is 2. The summed E-state index contributed by atoms with van der Waals surface area (Å²) in [5.74, 6) is -1.20. The molecule has 0 unspecified atom stereocenters. The molecule has 0 saturated heterocycles. The van der Waals surface area contributed by atoms with E-state index in [0.717, 1.165) is 0 Å². The molecule has 78 valence electrons. The number of carbonyl (C=O) groups excluding carboxylic acids is 2. The third kappa shape index (κ3) is 4.34. The van der Waals surface area contributed by atoms with E-state index in [1.807, 2.05) is 0 Å². The van der Waals surface area contributed by atoms with Gasteiger partial charge in [0.2, 0.25) is 0 Å². The predicted octanol–water partition coefficient (Wildman–Crippen LogP) is -0.259. The van der Waals surface area contributed by atoms with Crippen molar-refractivity contribution < 1.29 is 25.3 Å². The van der Waals surface area contributed by atoms with E-state index < -0.39 is 11.9 Å². The van der Waals surface area contributed by atoms with Gasteiger partial charge < -0.3 is 15.7 Å². The lowest BCUT2D eigenvalue weighted by molar-refractivity contribution is -0.135. The summed E-state index contributed by atoms with van der Waals surface area (Å²) in [6, 6.07) is 8.37. The van der Waals surface area contributed by atoms with Crippen LogP contribution < -0.4 is 0 Å². The highest BCUT2D eigenvalue weighted by atomic mass is 16.6. The number of hydrogen-bond donors (Lipinski definition) is 0. The molecule has 1 rings (SSSR count). The van der Waals surface area contributed by atoms with E-state index in [1.54, 1.807) is 30.3 Å². The van der Waals surface area contributed by atoms with Gasteiger partial charge in [-0.15, -0.1) is 0 Å². The third-order valence-corrected chi connectivity index (χ3v) is 1.25. The maximum Gasteiger partial charge on any atom is 0.345 e. The fourth-order valence-electron chi connectivity index (χ4n) is 0.764. The van der Waals surface area contributed by atoms with Crippen molar-refractivity contribution in [1.29, 1.82) is 0 Å². The van der Waals surface area contributed by atoms with Crippen LogP contribution in [0.1, 0.15) is 17.3 Å². The van der Waals surface area contributed by atoms with Crippen LogP contribution in [0.2, 0.25) is 0 Å². The Balaban J connectivity index is 0. The van der Waals surface area contributed by atoms with E-state index >= 15 is 0 Å².